The van der Waals surface area contributed by atoms with Gasteiger partial charge in [0.05, 0.1) is 22.8 Å². The fourth-order valence-electron chi connectivity index (χ4n) is 2.80. The van der Waals surface area contributed by atoms with Gasteiger partial charge >= 0.3 is 0 Å². The highest BCUT2D eigenvalue weighted by molar-refractivity contribution is 5.70. The lowest BCUT2D eigenvalue weighted by molar-refractivity contribution is 1.28. The first kappa shape index (κ1) is 16.0. The lowest BCUT2D eigenvalue weighted by atomic mass is 10.1. The second-order valence-electron chi connectivity index (χ2n) is 5.96. The predicted molar refractivity (Wildman–Crippen MR) is 108 cm³/mol. The zero-order valence-corrected chi connectivity index (χ0v) is 14.3. The molecule has 2 heteroatoms. The predicted octanol–water partition coefficient (Wildman–Crippen LogP) is 5.98. The van der Waals surface area contributed by atoms with E-state index in [1.165, 1.54) is 0 Å². The molecule has 0 unspecified atom stereocenters. The molecule has 0 radical (unpaired) electrons. The van der Waals surface area contributed by atoms with Gasteiger partial charge in [0.15, 0.2) is 0 Å². The highest BCUT2D eigenvalue weighted by Crippen LogP contribution is 2.19. The van der Waals surface area contributed by atoms with Crippen LogP contribution in [-0.4, -0.2) is 9.97 Å². The minimum atomic E-state index is 0.915. The van der Waals surface area contributed by atoms with Crippen molar-refractivity contribution < 1.29 is 0 Å². The number of aromatic nitrogens is 2. The van der Waals surface area contributed by atoms with Crippen LogP contribution in [0.3, 0.4) is 0 Å². The fourth-order valence-corrected chi connectivity index (χ4v) is 2.80. The van der Waals surface area contributed by atoms with E-state index in [4.69, 9.17) is 9.97 Å². The molecule has 0 aliphatic heterocycles. The Morgan fingerprint density at radius 2 is 0.846 bits per heavy atom. The van der Waals surface area contributed by atoms with Crippen LogP contribution in [-0.2, 0) is 0 Å². The third-order valence-electron chi connectivity index (χ3n) is 4.11. The van der Waals surface area contributed by atoms with Gasteiger partial charge in [-0.25, -0.2) is 9.97 Å². The van der Waals surface area contributed by atoms with Gasteiger partial charge in [-0.3, -0.25) is 0 Å². The molecule has 0 fully saturated rings. The van der Waals surface area contributed by atoms with Crippen molar-refractivity contribution >= 4 is 12.2 Å². The average molecular weight is 334 g/mol. The van der Waals surface area contributed by atoms with E-state index in [9.17, 15) is 0 Å². The highest BCUT2D eigenvalue weighted by atomic mass is 14.7. The molecule has 0 bridgehead atoms. The summed E-state index contributed by atoms with van der Waals surface area (Å²) in [6.45, 7) is 0. The van der Waals surface area contributed by atoms with Crippen molar-refractivity contribution in [2.45, 2.75) is 0 Å². The van der Waals surface area contributed by atoms with Crippen LogP contribution < -0.4 is 0 Å². The largest absolute Gasteiger partial charge is 0.248 e. The number of benzene rings is 2. The number of nitrogens with zero attached hydrogens (tertiary/aromatic N) is 2. The molecular formula is C24H18N2. The van der Waals surface area contributed by atoms with Crippen LogP contribution >= 0.6 is 0 Å². The summed E-state index contributed by atoms with van der Waals surface area (Å²) in [7, 11) is 0. The Labute approximate surface area is 153 Å². The van der Waals surface area contributed by atoms with Gasteiger partial charge in [-0.2, -0.15) is 0 Å². The molecule has 0 saturated heterocycles. The number of hydrogen-bond acceptors (Lipinski definition) is 2. The van der Waals surface area contributed by atoms with Gasteiger partial charge in [0.2, 0.25) is 0 Å². The SMILES string of the molecule is C(=Cc1cccc(-c2ccccc2)n1)c1cccc(-c2ccccc2)n1. The molecule has 4 aromatic rings. The zero-order valence-electron chi connectivity index (χ0n) is 14.3. The monoisotopic (exact) mass is 334 g/mol. The summed E-state index contributed by atoms with van der Waals surface area (Å²) < 4.78 is 0. The van der Waals surface area contributed by atoms with Gasteiger partial charge in [0.25, 0.3) is 0 Å². The smallest absolute Gasteiger partial charge is 0.0709 e. The molecule has 2 nitrogen and oxygen atoms in total. The van der Waals surface area contributed by atoms with Crippen molar-refractivity contribution in [2.24, 2.45) is 0 Å². The van der Waals surface area contributed by atoms with Crippen LogP contribution in [0.4, 0.5) is 0 Å². The molecule has 0 saturated carbocycles. The summed E-state index contributed by atoms with van der Waals surface area (Å²) in [5.74, 6) is 0. The van der Waals surface area contributed by atoms with Crippen molar-refractivity contribution in [3.8, 4) is 22.5 Å². The zero-order chi connectivity index (χ0) is 17.6. The molecule has 2 heterocycles. The third kappa shape index (κ3) is 3.76. The van der Waals surface area contributed by atoms with E-state index < -0.39 is 0 Å². The quantitative estimate of drug-likeness (QED) is 0.459. The first-order valence-corrected chi connectivity index (χ1v) is 8.61. The minimum Gasteiger partial charge on any atom is -0.248 e. The first-order chi connectivity index (χ1) is 12.9. The Bertz CT molecular complexity index is 937. The fraction of sp³-hybridized carbons (Fsp3) is 0. The van der Waals surface area contributed by atoms with E-state index in [0.29, 0.717) is 0 Å². The van der Waals surface area contributed by atoms with Gasteiger partial charge in [-0.05, 0) is 36.4 Å². The average Bonchev–Trinajstić information content (AvgIpc) is 2.74. The van der Waals surface area contributed by atoms with Gasteiger partial charge < -0.3 is 0 Å². The number of rotatable bonds is 4. The van der Waals surface area contributed by atoms with E-state index in [-0.39, 0.29) is 0 Å². The Morgan fingerprint density at radius 3 is 1.27 bits per heavy atom. The van der Waals surface area contributed by atoms with Gasteiger partial charge in [-0.15, -0.1) is 0 Å². The van der Waals surface area contributed by atoms with Crippen LogP contribution in [0.25, 0.3) is 34.7 Å². The van der Waals surface area contributed by atoms with E-state index in [2.05, 4.69) is 24.3 Å². The molecule has 2 aromatic carbocycles. The molecule has 0 atom stereocenters. The van der Waals surface area contributed by atoms with Crippen molar-refractivity contribution in [1.82, 2.24) is 9.97 Å². The minimum absolute atomic E-state index is 0.915. The van der Waals surface area contributed by atoms with Crippen LogP contribution in [0.15, 0.2) is 97.1 Å². The number of hydrogen-bond donors (Lipinski definition) is 0. The summed E-state index contributed by atoms with van der Waals surface area (Å²) in [4.78, 5) is 9.45. The van der Waals surface area contributed by atoms with E-state index >= 15 is 0 Å². The molecule has 4 rings (SSSR count). The molecule has 124 valence electrons. The second kappa shape index (κ2) is 7.58. The Morgan fingerprint density at radius 1 is 0.423 bits per heavy atom. The summed E-state index contributed by atoms with van der Waals surface area (Å²) in [6.07, 6.45) is 4.01. The lowest BCUT2D eigenvalue weighted by Gasteiger charge is -2.03. The molecule has 26 heavy (non-hydrogen) atoms. The van der Waals surface area contributed by atoms with Gasteiger partial charge in [0.1, 0.15) is 0 Å². The van der Waals surface area contributed by atoms with Crippen LogP contribution in [0.2, 0.25) is 0 Å². The van der Waals surface area contributed by atoms with Crippen LogP contribution in [0.5, 0.6) is 0 Å². The summed E-state index contributed by atoms with van der Waals surface area (Å²) >= 11 is 0. The van der Waals surface area contributed by atoms with Crippen LogP contribution in [0, 0.1) is 0 Å². The van der Waals surface area contributed by atoms with Gasteiger partial charge in [0, 0.05) is 11.1 Å². The third-order valence-corrected chi connectivity index (χ3v) is 4.11. The maximum atomic E-state index is 4.72. The highest BCUT2D eigenvalue weighted by Gasteiger charge is 2.00. The maximum Gasteiger partial charge on any atom is 0.0709 e. The molecule has 2 aromatic heterocycles. The molecule has 0 spiro atoms. The lowest BCUT2D eigenvalue weighted by Crippen LogP contribution is -1.88. The molecule has 0 aliphatic rings. The molecule has 0 aliphatic carbocycles. The van der Waals surface area contributed by atoms with Crippen molar-refractivity contribution in [3.63, 3.8) is 0 Å². The maximum absolute atomic E-state index is 4.72. The second-order valence-corrected chi connectivity index (χ2v) is 5.96. The van der Waals surface area contributed by atoms with E-state index in [0.717, 1.165) is 33.9 Å². The number of pyridine rings is 2. The Hall–Kier alpha value is -3.52. The summed E-state index contributed by atoms with van der Waals surface area (Å²) in [5, 5.41) is 0. The van der Waals surface area contributed by atoms with Crippen LogP contribution in [0.1, 0.15) is 11.4 Å². The topological polar surface area (TPSA) is 25.8 Å². The van der Waals surface area contributed by atoms with E-state index in [1.807, 2.05) is 84.9 Å². The van der Waals surface area contributed by atoms with Crippen molar-refractivity contribution in [3.05, 3.63) is 108 Å². The Balaban J connectivity index is 1.59. The van der Waals surface area contributed by atoms with Gasteiger partial charge in [-0.1, -0.05) is 72.8 Å². The Kier molecular flexibility index (Phi) is 4.66. The molecule has 0 N–H and O–H groups in total. The van der Waals surface area contributed by atoms with Crippen molar-refractivity contribution in [2.75, 3.05) is 0 Å². The molecular weight excluding hydrogens is 316 g/mol. The summed E-state index contributed by atoms with van der Waals surface area (Å²) in [5.41, 5.74) is 6.01. The van der Waals surface area contributed by atoms with E-state index in [1.54, 1.807) is 0 Å². The first-order valence-electron chi connectivity index (χ1n) is 8.61. The summed E-state index contributed by atoms with van der Waals surface area (Å²) in [6, 6.07) is 32.5. The molecule has 0 amide bonds. The van der Waals surface area contributed by atoms with Crippen molar-refractivity contribution in [1.29, 1.82) is 0 Å². The standard InChI is InChI=1S/C24H18N2/c1-3-9-19(10-4-1)23-15-7-13-21(25-23)17-18-22-14-8-16-24(26-22)20-11-5-2-6-12-20/h1-18H. The normalized spacial score (nSPS) is 10.9.